The first kappa shape index (κ1) is 21.8. The lowest BCUT2D eigenvalue weighted by atomic mass is 10.2. The fourth-order valence-corrected chi connectivity index (χ4v) is 6.47. The van der Waals surface area contributed by atoms with Gasteiger partial charge in [0.2, 0.25) is 10.0 Å². The third-order valence-electron chi connectivity index (χ3n) is 5.21. The number of carbonyl (C=O) groups excluding carboxylic acids is 1. The van der Waals surface area contributed by atoms with E-state index in [1.165, 1.54) is 10.4 Å². The molecule has 0 bridgehead atoms. The molecular formula is C22H22ClN3O3S2. The van der Waals surface area contributed by atoms with Crippen LogP contribution in [0, 0.1) is 0 Å². The van der Waals surface area contributed by atoms with E-state index >= 15 is 0 Å². The highest BCUT2D eigenvalue weighted by atomic mass is 35.5. The first-order valence-electron chi connectivity index (χ1n) is 9.86. The Bertz CT molecular complexity index is 1160. The smallest absolute Gasteiger partial charge is 0.263 e. The molecule has 6 nitrogen and oxygen atoms in total. The number of thiophene rings is 1. The molecule has 0 saturated carbocycles. The minimum Gasteiger partial charge on any atom is -0.369 e. The summed E-state index contributed by atoms with van der Waals surface area (Å²) in [7, 11) is -3.76. The SMILES string of the molecule is O=C(NCc1ccccc1Cl)c1sccc1S(=O)(=O)N1CCN(c2ccccc2)CC1. The van der Waals surface area contributed by atoms with E-state index in [9.17, 15) is 13.2 Å². The van der Waals surface area contributed by atoms with Gasteiger partial charge < -0.3 is 10.2 Å². The molecule has 1 amide bonds. The second-order valence-electron chi connectivity index (χ2n) is 7.11. The van der Waals surface area contributed by atoms with Crippen LogP contribution in [0.3, 0.4) is 0 Å². The van der Waals surface area contributed by atoms with Crippen molar-refractivity contribution in [2.75, 3.05) is 31.1 Å². The molecule has 1 N–H and O–H groups in total. The van der Waals surface area contributed by atoms with Crippen molar-refractivity contribution < 1.29 is 13.2 Å². The van der Waals surface area contributed by atoms with Gasteiger partial charge in [0.25, 0.3) is 5.91 Å². The zero-order valence-corrected chi connectivity index (χ0v) is 19.1. The van der Waals surface area contributed by atoms with Crippen LogP contribution in [0.5, 0.6) is 0 Å². The highest BCUT2D eigenvalue weighted by molar-refractivity contribution is 7.89. The maximum Gasteiger partial charge on any atom is 0.263 e. The van der Waals surface area contributed by atoms with Gasteiger partial charge in [0.15, 0.2) is 0 Å². The maximum absolute atomic E-state index is 13.3. The number of carbonyl (C=O) groups is 1. The molecule has 0 aliphatic carbocycles. The van der Waals surface area contributed by atoms with Crippen molar-refractivity contribution in [1.29, 1.82) is 0 Å². The molecule has 2 heterocycles. The number of anilines is 1. The van der Waals surface area contributed by atoms with E-state index in [1.807, 2.05) is 48.5 Å². The molecule has 2 aromatic carbocycles. The number of nitrogens with one attached hydrogen (secondary N) is 1. The quantitative estimate of drug-likeness (QED) is 0.588. The van der Waals surface area contributed by atoms with Gasteiger partial charge in [-0.1, -0.05) is 48.0 Å². The molecule has 162 valence electrons. The predicted molar refractivity (Wildman–Crippen MR) is 124 cm³/mol. The highest BCUT2D eigenvalue weighted by Gasteiger charge is 2.32. The maximum atomic E-state index is 13.3. The van der Waals surface area contributed by atoms with Gasteiger partial charge in [-0.3, -0.25) is 4.79 Å². The summed E-state index contributed by atoms with van der Waals surface area (Å²) in [6.07, 6.45) is 0. The van der Waals surface area contributed by atoms with Crippen LogP contribution in [-0.2, 0) is 16.6 Å². The van der Waals surface area contributed by atoms with Crippen molar-refractivity contribution in [3.63, 3.8) is 0 Å². The number of hydrogen-bond acceptors (Lipinski definition) is 5. The summed E-state index contributed by atoms with van der Waals surface area (Å²) >= 11 is 7.26. The monoisotopic (exact) mass is 475 g/mol. The first-order chi connectivity index (χ1) is 15.0. The van der Waals surface area contributed by atoms with Crippen LogP contribution < -0.4 is 10.2 Å². The molecule has 1 aliphatic rings. The predicted octanol–water partition coefficient (Wildman–Crippen LogP) is 3.84. The lowest BCUT2D eigenvalue weighted by molar-refractivity contribution is 0.0952. The number of amides is 1. The summed E-state index contributed by atoms with van der Waals surface area (Å²) in [5.41, 5.74) is 1.85. The van der Waals surface area contributed by atoms with Gasteiger partial charge in [-0.2, -0.15) is 4.31 Å². The van der Waals surface area contributed by atoms with Gasteiger partial charge >= 0.3 is 0 Å². The van der Waals surface area contributed by atoms with Crippen LogP contribution in [-0.4, -0.2) is 44.8 Å². The molecule has 31 heavy (non-hydrogen) atoms. The van der Waals surface area contributed by atoms with Crippen LogP contribution in [0.4, 0.5) is 5.69 Å². The summed E-state index contributed by atoms with van der Waals surface area (Å²) < 4.78 is 28.0. The Morgan fingerprint density at radius 3 is 2.35 bits per heavy atom. The molecule has 1 saturated heterocycles. The van der Waals surface area contributed by atoms with Gasteiger partial charge in [0.05, 0.1) is 0 Å². The number of piperazine rings is 1. The Kier molecular flexibility index (Phi) is 6.62. The van der Waals surface area contributed by atoms with Crippen LogP contribution in [0.25, 0.3) is 0 Å². The van der Waals surface area contributed by atoms with Gasteiger partial charge in [-0.25, -0.2) is 8.42 Å². The van der Waals surface area contributed by atoms with E-state index in [-0.39, 0.29) is 16.3 Å². The van der Waals surface area contributed by atoms with Crippen LogP contribution in [0.1, 0.15) is 15.2 Å². The summed E-state index contributed by atoms with van der Waals surface area (Å²) in [6, 6.07) is 18.7. The van der Waals surface area contributed by atoms with Crippen molar-refractivity contribution >= 4 is 44.6 Å². The van der Waals surface area contributed by atoms with Crippen LogP contribution in [0.15, 0.2) is 70.9 Å². The summed E-state index contributed by atoms with van der Waals surface area (Å²) in [5, 5.41) is 4.97. The summed E-state index contributed by atoms with van der Waals surface area (Å²) in [5.74, 6) is -0.420. The average Bonchev–Trinajstić information content (AvgIpc) is 3.30. The van der Waals surface area contributed by atoms with Crippen molar-refractivity contribution in [2.24, 2.45) is 0 Å². The van der Waals surface area contributed by atoms with E-state index < -0.39 is 15.9 Å². The van der Waals surface area contributed by atoms with Crippen molar-refractivity contribution in [3.05, 3.63) is 81.5 Å². The zero-order chi connectivity index (χ0) is 21.8. The molecule has 1 aliphatic heterocycles. The topological polar surface area (TPSA) is 69.7 Å². The molecule has 0 spiro atoms. The number of sulfonamides is 1. The number of benzene rings is 2. The fourth-order valence-electron chi connectivity index (χ4n) is 3.53. The number of halogens is 1. The standard InChI is InChI=1S/C22H22ClN3O3S2/c23-19-9-5-4-6-17(19)16-24-22(27)21-20(10-15-30-21)31(28,29)26-13-11-25(12-14-26)18-7-2-1-3-8-18/h1-10,15H,11-14,16H2,(H,24,27). The Hall–Kier alpha value is -2.39. The molecule has 3 aromatic rings. The van der Waals surface area contributed by atoms with Gasteiger partial charge in [-0.15, -0.1) is 11.3 Å². The van der Waals surface area contributed by atoms with E-state index in [0.717, 1.165) is 22.6 Å². The minimum atomic E-state index is -3.76. The normalized spacial score (nSPS) is 15.1. The van der Waals surface area contributed by atoms with Crippen LogP contribution >= 0.6 is 22.9 Å². The highest BCUT2D eigenvalue weighted by Crippen LogP contribution is 2.27. The molecule has 4 rings (SSSR count). The lowest BCUT2D eigenvalue weighted by Gasteiger charge is -2.35. The third kappa shape index (κ3) is 4.77. The Labute approximate surface area is 191 Å². The molecular weight excluding hydrogens is 454 g/mol. The number of nitrogens with zero attached hydrogens (tertiary/aromatic N) is 2. The molecule has 1 fully saturated rings. The van der Waals surface area contributed by atoms with Gasteiger partial charge in [0, 0.05) is 43.4 Å². The summed E-state index contributed by atoms with van der Waals surface area (Å²) in [6.45, 7) is 2.16. The van der Waals surface area contributed by atoms with Gasteiger partial charge in [-0.05, 0) is 35.2 Å². The molecule has 0 radical (unpaired) electrons. The first-order valence-corrected chi connectivity index (χ1v) is 12.6. The second kappa shape index (κ2) is 9.40. The van der Waals surface area contributed by atoms with Crippen molar-refractivity contribution in [1.82, 2.24) is 9.62 Å². The molecule has 0 unspecified atom stereocenters. The summed E-state index contributed by atoms with van der Waals surface area (Å²) in [4.78, 5) is 15.2. The van der Waals surface area contributed by atoms with Crippen molar-refractivity contribution in [2.45, 2.75) is 11.4 Å². The van der Waals surface area contributed by atoms with E-state index in [4.69, 9.17) is 11.6 Å². The molecule has 1 aromatic heterocycles. The third-order valence-corrected chi connectivity index (χ3v) is 8.56. The van der Waals surface area contributed by atoms with E-state index in [1.54, 1.807) is 11.4 Å². The lowest BCUT2D eigenvalue weighted by Crippen LogP contribution is -2.48. The van der Waals surface area contributed by atoms with Gasteiger partial charge in [0.1, 0.15) is 9.77 Å². The van der Waals surface area contributed by atoms with Crippen LogP contribution in [0.2, 0.25) is 5.02 Å². The van der Waals surface area contributed by atoms with E-state index in [0.29, 0.717) is 31.2 Å². The largest absolute Gasteiger partial charge is 0.369 e. The number of hydrogen-bond donors (Lipinski definition) is 1. The Morgan fingerprint density at radius 2 is 1.65 bits per heavy atom. The van der Waals surface area contributed by atoms with E-state index in [2.05, 4.69) is 10.2 Å². The fraction of sp³-hybridized carbons (Fsp3) is 0.227. The van der Waals surface area contributed by atoms with Crippen molar-refractivity contribution in [3.8, 4) is 0 Å². The zero-order valence-electron chi connectivity index (χ0n) is 16.7. The minimum absolute atomic E-state index is 0.0577. The molecule has 0 atom stereocenters. The average molecular weight is 476 g/mol. The Morgan fingerprint density at radius 1 is 0.968 bits per heavy atom. The number of para-hydroxylation sites is 1. The second-order valence-corrected chi connectivity index (χ2v) is 10.3. The number of rotatable bonds is 6. The molecule has 9 heteroatoms. The Balaban J connectivity index is 1.44.